The van der Waals surface area contributed by atoms with Gasteiger partial charge in [-0.2, -0.15) is 4.31 Å². The number of nitrogens with zero attached hydrogens (tertiary/aromatic N) is 1. The van der Waals surface area contributed by atoms with Gasteiger partial charge >= 0.3 is 0 Å². The first-order valence-electron chi connectivity index (χ1n) is 8.85. The van der Waals surface area contributed by atoms with Crippen LogP contribution in [0.1, 0.15) is 49.7 Å². The lowest BCUT2D eigenvalue weighted by Crippen LogP contribution is -2.40. The van der Waals surface area contributed by atoms with Crippen LogP contribution in [0.5, 0.6) is 0 Å². The number of hydrogen-bond acceptors (Lipinski definition) is 5. The van der Waals surface area contributed by atoms with Crippen molar-refractivity contribution in [1.82, 2.24) is 9.62 Å². The number of carbonyl (C=O) groups is 1. The quantitative estimate of drug-likeness (QED) is 0.705. The molecule has 1 aliphatic heterocycles. The van der Waals surface area contributed by atoms with Crippen LogP contribution in [0.25, 0.3) is 0 Å². The van der Waals surface area contributed by atoms with Crippen LogP contribution in [0.2, 0.25) is 0 Å². The number of hydrogen-bond donors (Lipinski definition) is 2. The molecular weight excluding hydrogens is 394 g/mol. The molecular formula is C17H30ClN3O3S2. The molecule has 9 heteroatoms. The van der Waals surface area contributed by atoms with E-state index >= 15 is 0 Å². The van der Waals surface area contributed by atoms with Gasteiger partial charge in [-0.25, -0.2) is 8.42 Å². The Morgan fingerprint density at radius 3 is 2.50 bits per heavy atom. The maximum absolute atomic E-state index is 12.7. The summed E-state index contributed by atoms with van der Waals surface area (Å²) in [6, 6.07) is 3.02. The summed E-state index contributed by atoms with van der Waals surface area (Å²) in [6.45, 7) is 7.75. The lowest BCUT2D eigenvalue weighted by molar-refractivity contribution is 0.0938. The van der Waals surface area contributed by atoms with Gasteiger partial charge in [0.2, 0.25) is 0 Å². The molecule has 150 valence electrons. The number of nitrogens with one attached hydrogen (secondary N) is 1. The van der Waals surface area contributed by atoms with E-state index in [4.69, 9.17) is 5.73 Å². The molecule has 1 saturated heterocycles. The van der Waals surface area contributed by atoms with Crippen LogP contribution in [0, 0.1) is 11.8 Å². The Hall–Kier alpha value is -0.670. The number of carbonyl (C=O) groups excluding carboxylic acids is 1. The third-order valence-electron chi connectivity index (χ3n) is 4.52. The summed E-state index contributed by atoms with van der Waals surface area (Å²) in [7, 11) is -3.50. The van der Waals surface area contributed by atoms with E-state index in [1.54, 1.807) is 6.07 Å². The average Bonchev–Trinajstić information content (AvgIpc) is 3.05. The molecule has 0 radical (unpaired) electrons. The molecule has 1 amide bonds. The maximum atomic E-state index is 12.7. The molecule has 1 fully saturated rings. The monoisotopic (exact) mass is 423 g/mol. The van der Waals surface area contributed by atoms with E-state index in [1.165, 1.54) is 10.4 Å². The highest BCUT2D eigenvalue weighted by molar-refractivity contribution is 7.91. The molecule has 0 aromatic carbocycles. The zero-order valence-corrected chi connectivity index (χ0v) is 18.1. The number of thiophene rings is 1. The highest BCUT2D eigenvalue weighted by Crippen LogP contribution is 2.28. The van der Waals surface area contributed by atoms with E-state index in [9.17, 15) is 13.2 Å². The van der Waals surface area contributed by atoms with Crippen molar-refractivity contribution in [2.24, 2.45) is 17.6 Å². The van der Waals surface area contributed by atoms with Crippen LogP contribution in [0.15, 0.2) is 16.3 Å². The predicted molar refractivity (Wildman–Crippen MR) is 108 cm³/mol. The number of sulfonamides is 1. The molecule has 1 aromatic heterocycles. The van der Waals surface area contributed by atoms with Crippen molar-refractivity contribution in [3.63, 3.8) is 0 Å². The smallest absolute Gasteiger partial charge is 0.261 e. The van der Waals surface area contributed by atoms with Crippen molar-refractivity contribution >= 4 is 39.7 Å². The van der Waals surface area contributed by atoms with Gasteiger partial charge in [0.25, 0.3) is 15.9 Å². The molecule has 6 nitrogen and oxygen atoms in total. The Balaban J connectivity index is 0.00000338. The van der Waals surface area contributed by atoms with Gasteiger partial charge in [-0.1, -0.05) is 20.8 Å². The molecule has 1 aliphatic rings. The third kappa shape index (κ3) is 5.92. The van der Waals surface area contributed by atoms with E-state index < -0.39 is 10.0 Å². The summed E-state index contributed by atoms with van der Waals surface area (Å²) in [4.78, 5) is 12.8. The van der Waals surface area contributed by atoms with E-state index in [-0.39, 0.29) is 28.6 Å². The number of piperidine rings is 1. The van der Waals surface area contributed by atoms with Gasteiger partial charge in [-0.15, -0.1) is 23.7 Å². The molecule has 1 aromatic rings. The predicted octanol–water partition coefficient (Wildman–Crippen LogP) is 2.69. The molecule has 2 rings (SSSR count). The molecule has 0 spiro atoms. The van der Waals surface area contributed by atoms with Gasteiger partial charge in [0.15, 0.2) is 0 Å². The first-order valence-corrected chi connectivity index (χ1v) is 11.1. The number of rotatable bonds is 7. The number of amides is 1. The van der Waals surface area contributed by atoms with E-state index in [0.29, 0.717) is 36.3 Å². The second kappa shape index (κ2) is 10.0. The minimum atomic E-state index is -3.50. The molecule has 0 aliphatic carbocycles. The summed E-state index contributed by atoms with van der Waals surface area (Å²) in [5.41, 5.74) is 5.72. The fourth-order valence-corrected chi connectivity index (χ4v) is 5.81. The fourth-order valence-electron chi connectivity index (χ4n) is 2.97. The Kier molecular flexibility index (Phi) is 9.02. The normalized spacial score (nSPS) is 17.7. The van der Waals surface area contributed by atoms with Crippen LogP contribution >= 0.6 is 23.7 Å². The number of nitrogens with two attached hydrogens (primary N) is 1. The molecule has 2 heterocycles. The minimum Gasteiger partial charge on any atom is -0.347 e. The summed E-state index contributed by atoms with van der Waals surface area (Å²) in [5, 5.41) is 2.90. The van der Waals surface area contributed by atoms with Crippen LogP contribution in [0.3, 0.4) is 0 Å². The van der Waals surface area contributed by atoms with Gasteiger partial charge in [-0.05, 0) is 43.2 Å². The lowest BCUT2D eigenvalue weighted by Gasteiger charge is -2.28. The standard InChI is InChI=1S/C17H29N3O3S2.ClH/c1-12(2)10-14(11-18)19-17(21)15-4-5-16(24-15)25(22,23)20-8-6-13(3)7-9-20;/h4-5,12-14H,6-11,18H2,1-3H3,(H,19,21);1H. The summed E-state index contributed by atoms with van der Waals surface area (Å²) >= 11 is 1.03. The lowest BCUT2D eigenvalue weighted by atomic mass is 10.0. The zero-order chi connectivity index (χ0) is 18.6. The van der Waals surface area contributed by atoms with Gasteiger partial charge in [0.1, 0.15) is 4.21 Å². The maximum Gasteiger partial charge on any atom is 0.261 e. The Labute approximate surface area is 167 Å². The SMILES string of the molecule is CC(C)CC(CN)NC(=O)c1ccc(S(=O)(=O)N2CCC(C)CC2)s1.Cl. The van der Waals surface area contributed by atoms with E-state index in [0.717, 1.165) is 30.6 Å². The highest BCUT2D eigenvalue weighted by Gasteiger charge is 2.30. The Morgan fingerprint density at radius 2 is 1.96 bits per heavy atom. The third-order valence-corrected chi connectivity index (χ3v) is 7.97. The van der Waals surface area contributed by atoms with Crippen molar-refractivity contribution in [2.45, 2.75) is 50.3 Å². The first-order chi connectivity index (χ1) is 11.7. The van der Waals surface area contributed by atoms with Crippen molar-refractivity contribution in [3.05, 3.63) is 17.0 Å². The minimum absolute atomic E-state index is 0. The second-order valence-corrected chi connectivity index (χ2v) is 10.5. The van der Waals surface area contributed by atoms with Gasteiger partial charge in [-0.3, -0.25) is 4.79 Å². The van der Waals surface area contributed by atoms with Crippen LogP contribution in [0.4, 0.5) is 0 Å². The van der Waals surface area contributed by atoms with Gasteiger partial charge in [0.05, 0.1) is 4.88 Å². The van der Waals surface area contributed by atoms with Crippen LogP contribution in [-0.4, -0.2) is 44.3 Å². The van der Waals surface area contributed by atoms with Crippen LogP contribution in [-0.2, 0) is 10.0 Å². The van der Waals surface area contributed by atoms with E-state index in [2.05, 4.69) is 26.1 Å². The topological polar surface area (TPSA) is 92.5 Å². The molecule has 3 N–H and O–H groups in total. The van der Waals surface area contributed by atoms with Crippen LogP contribution < -0.4 is 11.1 Å². The van der Waals surface area contributed by atoms with Crippen molar-refractivity contribution in [2.75, 3.05) is 19.6 Å². The summed E-state index contributed by atoms with van der Waals surface area (Å²) < 4.78 is 27.2. The average molecular weight is 424 g/mol. The Morgan fingerprint density at radius 1 is 1.35 bits per heavy atom. The molecule has 0 saturated carbocycles. The number of halogens is 1. The molecule has 1 atom stereocenters. The highest BCUT2D eigenvalue weighted by atomic mass is 35.5. The summed E-state index contributed by atoms with van der Waals surface area (Å²) in [6.07, 6.45) is 2.56. The van der Waals surface area contributed by atoms with Gasteiger partial charge in [0, 0.05) is 25.7 Å². The molecule has 26 heavy (non-hydrogen) atoms. The van der Waals surface area contributed by atoms with Gasteiger partial charge < -0.3 is 11.1 Å². The zero-order valence-electron chi connectivity index (χ0n) is 15.6. The molecule has 1 unspecified atom stereocenters. The van der Waals surface area contributed by atoms with Crippen molar-refractivity contribution in [3.8, 4) is 0 Å². The first kappa shape index (κ1) is 23.4. The fraction of sp³-hybridized carbons (Fsp3) is 0.706. The molecule has 0 bridgehead atoms. The second-order valence-electron chi connectivity index (χ2n) is 7.24. The Bertz CT molecular complexity index is 683. The largest absolute Gasteiger partial charge is 0.347 e. The summed E-state index contributed by atoms with van der Waals surface area (Å²) in [5.74, 6) is 0.731. The van der Waals surface area contributed by atoms with Crippen molar-refractivity contribution < 1.29 is 13.2 Å². The van der Waals surface area contributed by atoms with E-state index in [1.807, 2.05) is 0 Å². The van der Waals surface area contributed by atoms with Crippen molar-refractivity contribution in [1.29, 1.82) is 0 Å².